The van der Waals surface area contributed by atoms with Gasteiger partial charge in [0.25, 0.3) is 0 Å². The van der Waals surface area contributed by atoms with Crippen molar-refractivity contribution in [2.24, 2.45) is 17.8 Å². The van der Waals surface area contributed by atoms with E-state index in [0.717, 1.165) is 0 Å². The van der Waals surface area contributed by atoms with E-state index in [1.54, 1.807) is 50.3 Å². The second-order valence-electron chi connectivity index (χ2n) is 11.0. The van der Waals surface area contributed by atoms with Crippen molar-refractivity contribution in [1.29, 1.82) is 0 Å². The zero-order chi connectivity index (χ0) is 31.7. The average Bonchev–Trinajstić information content (AvgIpc) is 2.88. The topological polar surface area (TPSA) is 185 Å². The summed E-state index contributed by atoms with van der Waals surface area (Å²) < 4.78 is 5.60. The maximum atomic E-state index is 12.8. The number of cyclic esters (lactones) is 1. The van der Waals surface area contributed by atoms with Gasteiger partial charge in [-0.3, -0.25) is 9.59 Å². The maximum Gasteiger partial charge on any atom is 0.312 e. The Labute approximate surface area is 249 Å². The molecule has 0 amide bonds. The number of ether oxygens (including phenoxy) is 1. The minimum absolute atomic E-state index is 0.0385. The van der Waals surface area contributed by atoms with E-state index in [1.807, 2.05) is 19.1 Å². The number of aliphatic carboxylic acids is 1. The van der Waals surface area contributed by atoms with E-state index < -0.39 is 66.5 Å². The van der Waals surface area contributed by atoms with Crippen molar-refractivity contribution in [3.8, 4) is 0 Å². The summed E-state index contributed by atoms with van der Waals surface area (Å²) in [7, 11) is 0. The maximum absolute atomic E-state index is 12.8. The Morgan fingerprint density at radius 3 is 1.81 bits per heavy atom. The third kappa shape index (κ3) is 14.5. The summed E-state index contributed by atoms with van der Waals surface area (Å²) in [6.45, 7) is 5.45. The van der Waals surface area contributed by atoms with Crippen LogP contribution in [-0.2, 0) is 14.3 Å². The molecule has 10 heteroatoms. The SMILES string of the molecule is CCC1C(=O)OC(C)C(C)/C=C/C=C/C=C/C=C/C=C/C(O)C(C(=O)O)C(O)CC(O)CC(O)CCCC(O)CC1O. The lowest BCUT2D eigenvalue weighted by Gasteiger charge is -2.26. The van der Waals surface area contributed by atoms with E-state index in [4.69, 9.17) is 4.74 Å². The zero-order valence-corrected chi connectivity index (χ0v) is 24.9. The monoisotopic (exact) mass is 594 g/mol. The first-order chi connectivity index (χ1) is 19.9. The van der Waals surface area contributed by atoms with E-state index in [1.165, 1.54) is 12.2 Å². The summed E-state index contributed by atoms with van der Waals surface area (Å²) in [5, 5.41) is 71.9. The lowest BCUT2D eigenvalue weighted by molar-refractivity contribution is -0.159. The Morgan fingerprint density at radius 1 is 0.762 bits per heavy atom. The second-order valence-corrected chi connectivity index (χ2v) is 11.0. The van der Waals surface area contributed by atoms with Crippen LogP contribution in [0.2, 0.25) is 0 Å². The average molecular weight is 595 g/mol. The molecule has 0 aromatic carbocycles. The molecule has 0 bridgehead atoms. The summed E-state index contributed by atoms with van der Waals surface area (Å²) in [6.07, 6.45) is 9.63. The molecule has 0 aromatic rings. The Morgan fingerprint density at radius 2 is 1.26 bits per heavy atom. The van der Waals surface area contributed by atoms with Crippen LogP contribution in [0.15, 0.2) is 60.8 Å². The smallest absolute Gasteiger partial charge is 0.312 e. The normalized spacial score (nSPS) is 39.5. The van der Waals surface area contributed by atoms with Crippen LogP contribution in [0, 0.1) is 17.8 Å². The van der Waals surface area contributed by atoms with Crippen LogP contribution in [-0.4, -0.2) is 90.4 Å². The van der Waals surface area contributed by atoms with Crippen LogP contribution in [0.4, 0.5) is 0 Å². The van der Waals surface area contributed by atoms with E-state index in [9.17, 15) is 45.3 Å². The summed E-state index contributed by atoms with van der Waals surface area (Å²) in [5.74, 6) is -4.41. The minimum Gasteiger partial charge on any atom is -0.481 e. The summed E-state index contributed by atoms with van der Waals surface area (Å²) in [5.41, 5.74) is 0. The number of esters is 1. The number of carboxylic acid groups (broad SMARTS) is 1. The van der Waals surface area contributed by atoms with Gasteiger partial charge in [0, 0.05) is 18.8 Å². The Hall–Kier alpha value is -2.60. The minimum atomic E-state index is -1.57. The molecule has 10 atom stereocenters. The summed E-state index contributed by atoms with van der Waals surface area (Å²) >= 11 is 0. The highest BCUT2D eigenvalue weighted by Crippen LogP contribution is 2.22. The number of aliphatic hydroxyl groups is 6. The van der Waals surface area contributed by atoms with Gasteiger partial charge >= 0.3 is 11.9 Å². The fourth-order valence-corrected chi connectivity index (χ4v) is 4.69. The molecule has 7 N–H and O–H groups in total. The molecule has 42 heavy (non-hydrogen) atoms. The predicted molar refractivity (Wildman–Crippen MR) is 159 cm³/mol. The van der Waals surface area contributed by atoms with Crippen molar-refractivity contribution in [3.05, 3.63) is 60.8 Å². The van der Waals surface area contributed by atoms with Crippen LogP contribution in [0.1, 0.15) is 65.7 Å². The van der Waals surface area contributed by atoms with Crippen LogP contribution < -0.4 is 0 Å². The summed E-state index contributed by atoms with van der Waals surface area (Å²) in [4.78, 5) is 24.5. The highest BCUT2D eigenvalue weighted by Gasteiger charge is 2.34. The molecule has 1 rings (SSSR count). The van der Waals surface area contributed by atoms with Gasteiger partial charge < -0.3 is 40.5 Å². The number of hydrogen-bond donors (Lipinski definition) is 7. The third-order valence-corrected chi connectivity index (χ3v) is 7.46. The van der Waals surface area contributed by atoms with E-state index in [0.29, 0.717) is 12.8 Å². The van der Waals surface area contributed by atoms with Gasteiger partial charge in [-0.1, -0.05) is 74.6 Å². The molecule has 0 aliphatic carbocycles. The number of carbonyl (C=O) groups excluding carboxylic acids is 1. The van der Waals surface area contributed by atoms with Crippen LogP contribution in [0.25, 0.3) is 0 Å². The number of carboxylic acids is 1. The lowest BCUT2D eigenvalue weighted by Crippen LogP contribution is -2.39. The molecule has 238 valence electrons. The molecule has 0 spiro atoms. The molecule has 0 radical (unpaired) electrons. The summed E-state index contributed by atoms with van der Waals surface area (Å²) in [6, 6.07) is 0. The number of hydrogen-bond acceptors (Lipinski definition) is 9. The molecular weight excluding hydrogens is 544 g/mol. The van der Waals surface area contributed by atoms with Crippen molar-refractivity contribution < 1.29 is 50.1 Å². The van der Waals surface area contributed by atoms with Crippen molar-refractivity contribution in [2.75, 3.05) is 0 Å². The Balaban J connectivity index is 3.03. The molecule has 10 unspecified atom stereocenters. The van der Waals surface area contributed by atoms with Gasteiger partial charge in [-0.05, 0) is 39.0 Å². The second kappa shape index (κ2) is 20.3. The van der Waals surface area contributed by atoms with E-state index in [2.05, 4.69) is 0 Å². The van der Waals surface area contributed by atoms with Gasteiger partial charge in [0.2, 0.25) is 0 Å². The number of allylic oxidation sites excluding steroid dienone is 8. The Bertz CT molecular complexity index is 940. The molecule has 0 saturated heterocycles. The van der Waals surface area contributed by atoms with Crippen molar-refractivity contribution >= 4 is 11.9 Å². The van der Waals surface area contributed by atoms with Gasteiger partial charge in [-0.15, -0.1) is 0 Å². The largest absolute Gasteiger partial charge is 0.481 e. The highest BCUT2D eigenvalue weighted by atomic mass is 16.5. The molecular formula is C32H50O10. The predicted octanol–water partition coefficient (Wildman–Crippen LogP) is 2.58. The van der Waals surface area contributed by atoms with Crippen molar-refractivity contribution in [3.63, 3.8) is 0 Å². The molecule has 1 aliphatic rings. The van der Waals surface area contributed by atoms with Crippen LogP contribution in [0.3, 0.4) is 0 Å². The molecule has 0 fully saturated rings. The van der Waals surface area contributed by atoms with Gasteiger partial charge in [-0.2, -0.15) is 0 Å². The molecule has 10 nitrogen and oxygen atoms in total. The van der Waals surface area contributed by atoms with Crippen molar-refractivity contribution in [2.45, 2.75) is 108 Å². The fourth-order valence-electron chi connectivity index (χ4n) is 4.69. The molecule has 1 heterocycles. The highest BCUT2D eigenvalue weighted by molar-refractivity contribution is 5.73. The first kappa shape index (κ1) is 37.4. The van der Waals surface area contributed by atoms with Gasteiger partial charge in [0.1, 0.15) is 12.0 Å². The molecule has 0 aromatic heterocycles. The lowest BCUT2D eigenvalue weighted by atomic mass is 9.90. The van der Waals surface area contributed by atoms with Crippen molar-refractivity contribution in [1.82, 2.24) is 0 Å². The van der Waals surface area contributed by atoms with E-state index >= 15 is 0 Å². The number of carbonyl (C=O) groups is 2. The van der Waals surface area contributed by atoms with Gasteiger partial charge in [-0.25, -0.2) is 0 Å². The standard InChI is InChI=1S/C32H50O10/c1-4-26-28(37)19-24(34)16-13-15-23(33)18-25(35)20-29(38)30(31(39)40)27(36)17-12-10-8-6-5-7-9-11-14-21(2)22(3)42-32(26)41/h5-12,14,17,21-30,33-38H,4,13,15-16,18-20H2,1-3H3,(H,39,40)/b6-5+,9-7+,10-8+,14-11+,17-12+. The van der Waals surface area contributed by atoms with Crippen LogP contribution >= 0.6 is 0 Å². The molecule has 0 saturated carbocycles. The number of aliphatic hydroxyl groups excluding tert-OH is 6. The zero-order valence-electron chi connectivity index (χ0n) is 24.9. The fraction of sp³-hybridized carbons (Fsp3) is 0.625. The van der Waals surface area contributed by atoms with Gasteiger partial charge in [0.15, 0.2) is 0 Å². The Kier molecular flexibility index (Phi) is 18.1. The first-order valence-corrected chi connectivity index (χ1v) is 14.7. The third-order valence-electron chi connectivity index (χ3n) is 7.46. The van der Waals surface area contributed by atoms with Gasteiger partial charge in [0.05, 0.1) is 42.5 Å². The first-order valence-electron chi connectivity index (χ1n) is 14.7. The van der Waals surface area contributed by atoms with Crippen LogP contribution in [0.5, 0.6) is 0 Å². The quantitative estimate of drug-likeness (QED) is 0.234. The van der Waals surface area contributed by atoms with E-state index in [-0.39, 0.29) is 38.0 Å². The molecule has 1 aliphatic heterocycles. The number of rotatable bonds is 2.